The van der Waals surface area contributed by atoms with E-state index in [-0.39, 0.29) is 14.9 Å². The zero-order chi connectivity index (χ0) is 20.3. The third kappa shape index (κ3) is 4.18. The molecule has 0 aliphatic carbocycles. The minimum absolute atomic E-state index is 0.0548. The van der Waals surface area contributed by atoms with Crippen molar-refractivity contribution >= 4 is 33.2 Å². The highest BCUT2D eigenvalue weighted by atomic mass is 35.5. The second kappa shape index (κ2) is 8.53. The SMILES string of the molecule is COc1ccc(S(=O)(=O)N[C@@H](c2ccccc2)c2ccccc2C)c(Cl)c1Cl. The van der Waals surface area contributed by atoms with Crippen molar-refractivity contribution in [3.8, 4) is 5.75 Å². The molecule has 0 radical (unpaired) electrons. The number of aryl methyl sites for hydroxylation is 1. The van der Waals surface area contributed by atoms with Crippen LogP contribution in [-0.4, -0.2) is 15.5 Å². The van der Waals surface area contributed by atoms with Crippen molar-refractivity contribution in [2.24, 2.45) is 0 Å². The third-order valence-electron chi connectivity index (χ3n) is 4.43. The lowest BCUT2D eigenvalue weighted by atomic mass is 9.96. The first-order valence-corrected chi connectivity index (χ1v) is 10.7. The van der Waals surface area contributed by atoms with Gasteiger partial charge in [0.05, 0.1) is 18.2 Å². The largest absolute Gasteiger partial charge is 0.495 e. The van der Waals surface area contributed by atoms with Crippen molar-refractivity contribution in [1.29, 1.82) is 0 Å². The Bertz CT molecular complexity index is 1090. The number of nitrogens with one attached hydrogen (secondary N) is 1. The lowest BCUT2D eigenvalue weighted by Gasteiger charge is -2.22. The zero-order valence-electron chi connectivity index (χ0n) is 15.3. The van der Waals surface area contributed by atoms with Crippen LogP contribution in [0.2, 0.25) is 10.0 Å². The molecule has 0 saturated carbocycles. The maximum Gasteiger partial charge on any atom is 0.242 e. The summed E-state index contributed by atoms with van der Waals surface area (Å²) in [5, 5.41) is -0.0238. The Kier molecular flexibility index (Phi) is 6.30. The summed E-state index contributed by atoms with van der Waals surface area (Å²) in [5.41, 5.74) is 2.64. The molecule has 0 unspecified atom stereocenters. The zero-order valence-corrected chi connectivity index (χ0v) is 17.6. The van der Waals surface area contributed by atoms with Crippen LogP contribution in [0.1, 0.15) is 22.7 Å². The fourth-order valence-corrected chi connectivity index (χ4v) is 5.01. The molecule has 0 heterocycles. The van der Waals surface area contributed by atoms with E-state index in [4.69, 9.17) is 27.9 Å². The minimum Gasteiger partial charge on any atom is -0.495 e. The first kappa shape index (κ1) is 20.7. The quantitative estimate of drug-likeness (QED) is 0.565. The van der Waals surface area contributed by atoms with Gasteiger partial charge in [-0.2, -0.15) is 4.72 Å². The summed E-state index contributed by atoms with van der Waals surface area (Å²) in [5.74, 6) is 0.309. The lowest BCUT2D eigenvalue weighted by molar-refractivity contribution is 0.414. The van der Waals surface area contributed by atoms with Crippen LogP contribution in [-0.2, 0) is 10.0 Å². The van der Waals surface area contributed by atoms with Crippen LogP contribution in [0.25, 0.3) is 0 Å². The molecule has 3 rings (SSSR count). The normalized spacial score (nSPS) is 12.6. The average Bonchev–Trinajstić information content (AvgIpc) is 2.69. The molecule has 0 aliphatic heterocycles. The van der Waals surface area contributed by atoms with Gasteiger partial charge in [0, 0.05) is 0 Å². The van der Waals surface area contributed by atoms with Gasteiger partial charge >= 0.3 is 0 Å². The average molecular weight is 436 g/mol. The standard InChI is InChI=1S/C21H19Cl2NO3S/c1-14-8-6-7-11-16(14)21(15-9-4-3-5-10-15)24-28(25,26)18-13-12-17(27-2)19(22)20(18)23/h3-13,21,24H,1-2H3/t21-/m0/s1. The maximum absolute atomic E-state index is 13.2. The van der Waals surface area contributed by atoms with Gasteiger partial charge in [-0.3, -0.25) is 0 Å². The summed E-state index contributed by atoms with van der Waals surface area (Å²) in [6, 6.07) is 19.3. The molecular weight excluding hydrogens is 417 g/mol. The van der Waals surface area contributed by atoms with Gasteiger partial charge in [0.2, 0.25) is 10.0 Å². The fourth-order valence-electron chi connectivity index (χ4n) is 2.97. The first-order valence-electron chi connectivity index (χ1n) is 8.50. The molecular formula is C21H19Cl2NO3S. The summed E-state index contributed by atoms with van der Waals surface area (Å²) >= 11 is 12.4. The van der Waals surface area contributed by atoms with E-state index in [9.17, 15) is 8.42 Å². The molecule has 7 heteroatoms. The highest BCUT2D eigenvalue weighted by Crippen LogP contribution is 2.37. The van der Waals surface area contributed by atoms with E-state index in [0.717, 1.165) is 16.7 Å². The molecule has 0 aliphatic rings. The topological polar surface area (TPSA) is 55.4 Å². The molecule has 0 spiro atoms. The van der Waals surface area contributed by atoms with Gasteiger partial charge in [0.15, 0.2) is 0 Å². The number of halogens is 2. The van der Waals surface area contributed by atoms with Crippen LogP contribution in [0.4, 0.5) is 0 Å². The van der Waals surface area contributed by atoms with Gasteiger partial charge in [-0.15, -0.1) is 0 Å². The van der Waals surface area contributed by atoms with Crippen LogP contribution in [0.15, 0.2) is 71.6 Å². The molecule has 4 nitrogen and oxygen atoms in total. The molecule has 28 heavy (non-hydrogen) atoms. The van der Waals surface area contributed by atoms with E-state index in [2.05, 4.69) is 4.72 Å². The van der Waals surface area contributed by atoms with Crippen molar-refractivity contribution < 1.29 is 13.2 Å². The van der Waals surface area contributed by atoms with E-state index >= 15 is 0 Å². The molecule has 1 N–H and O–H groups in total. The van der Waals surface area contributed by atoms with Gasteiger partial charge in [0.25, 0.3) is 0 Å². The third-order valence-corrected chi connectivity index (χ3v) is 6.87. The van der Waals surface area contributed by atoms with Crippen LogP contribution in [0, 0.1) is 6.92 Å². The van der Waals surface area contributed by atoms with Crippen LogP contribution < -0.4 is 9.46 Å². The van der Waals surface area contributed by atoms with Crippen molar-refractivity contribution in [3.63, 3.8) is 0 Å². The number of hydrogen-bond donors (Lipinski definition) is 1. The Morgan fingerprint density at radius 3 is 2.18 bits per heavy atom. The smallest absolute Gasteiger partial charge is 0.242 e. The summed E-state index contributed by atoms with van der Waals surface area (Å²) < 4.78 is 34.2. The number of hydrogen-bond acceptors (Lipinski definition) is 3. The van der Waals surface area contributed by atoms with Crippen LogP contribution >= 0.6 is 23.2 Å². The van der Waals surface area contributed by atoms with Crippen LogP contribution in [0.5, 0.6) is 5.75 Å². The molecule has 0 bridgehead atoms. The van der Waals surface area contributed by atoms with Crippen molar-refractivity contribution in [3.05, 3.63) is 93.5 Å². The monoisotopic (exact) mass is 435 g/mol. The highest BCUT2D eigenvalue weighted by Gasteiger charge is 2.27. The van der Waals surface area contributed by atoms with E-state index in [0.29, 0.717) is 5.75 Å². The second-order valence-electron chi connectivity index (χ2n) is 6.22. The van der Waals surface area contributed by atoms with Crippen molar-refractivity contribution in [2.75, 3.05) is 7.11 Å². The van der Waals surface area contributed by atoms with Crippen molar-refractivity contribution in [1.82, 2.24) is 4.72 Å². The molecule has 3 aromatic carbocycles. The summed E-state index contributed by atoms with van der Waals surface area (Å²) in [6.45, 7) is 1.94. The Morgan fingerprint density at radius 1 is 0.893 bits per heavy atom. The number of sulfonamides is 1. The first-order chi connectivity index (χ1) is 13.3. The van der Waals surface area contributed by atoms with E-state index in [1.807, 2.05) is 61.5 Å². The lowest BCUT2D eigenvalue weighted by Crippen LogP contribution is -2.30. The highest BCUT2D eigenvalue weighted by molar-refractivity contribution is 7.89. The Labute approximate surface area is 175 Å². The van der Waals surface area contributed by atoms with Gasteiger partial charge < -0.3 is 4.74 Å². The van der Waals surface area contributed by atoms with E-state index in [1.165, 1.54) is 19.2 Å². The molecule has 0 saturated heterocycles. The molecule has 0 fully saturated rings. The van der Waals surface area contributed by atoms with Gasteiger partial charge in [-0.25, -0.2) is 8.42 Å². The summed E-state index contributed by atoms with van der Waals surface area (Å²) in [7, 11) is -2.53. The maximum atomic E-state index is 13.2. The van der Waals surface area contributed by atoms with Gasteiger partial charge in [-0.05, 0) is 35.7 Å². The van der Waals surface area contributed by atoms with Crippen molar-refractivity contribution in [2.45, 2.75) is 17.9 Å². The van der Waals surface area contributed by atoms with E-state index < -0.39 is 16.1 Å². The number of benzene rings is 3. The molecule has 0 aromatic heterocycles. The number of ether oxygens (including phenoxy) is 1. The minimum atomic E-state index is -3.97. The summed E-state index contributed by atoms with van der Waals surface area (Å²) in [6.07, 6.45) is 0. The fraction of sp³-hybridized carbons (Fsp3) is 0.143. The second-order valence-corrected chi connectivity index (χ2v) is 8.65. The predicted octanol–water partition coefficient (Wildman–Crippen LogP) is 5.38. The van der Waals surface area contributed by atoms with E-state index in [1.54, 1.807) is 0 Å². The molecule has 0 amide bonds. The van der Waals surface area contributed by atoms with Gasteiger partial charge in [-0.1, -0.05) is 77.8 Å². The van der Waals surface area contributed by atoms with Crippen LogP contribution in [0.3, 0.4) is 0 Å². The summed E-state index contributed by atoms with van der Waals surface area (Å²) in [4.78, 5) is -0.102. The van der Waals surface area contributed by atoms with Gasteiger partial charge in [0.1, 0.15) is 15.7 Å². The number of rotatable bonds is 6. The molecule has 146 valence electrons. The Hall–Kier alpha value is -2.05. The molecule has 3 aromatic rings. The predicted molar refractivity (Wildman–Crippen MR) is 113 cm³/mol. The Morgan fingerprint density at radius 2 is 1.54 bits per heavy atom. The Balaban J connectivity index is 2.09. The number of methoxy groups -OCH3 is 1. The molecule has 1 atom stereocenters.